The van der Waals surface area contributed by atoms with Crippen LogP contribution < -0.4 is 11.1 Å². The summed E-state index contributed by atoms with van der Waals surface area (Å²) in [4.78, 5) is 15.9. The van der Waals surface area contributed by atoms with Crippen LogP contribution in [0.15, 0.2) is 42.6 Å². The number of rotatable bonds is 6. The van der Waals surface area contributed by atoms with E-state index >= 15 is 0 Å². The summed E-state index contributed by atoms with van der Waals surface area (Å²) in [7, 11) is 0. The van der Waals surface area contributed by atoms with Gasteiger partial charge in [0.2, 0.25) is 5.91 Å². The van der Waals surface area contributed by atoms with Crippen molar-refractivity contribution in [1.29, 1.82) is 0 Å². The van der Waals surface area contributed by atoms with Gasteiger partial charge in [-0.25, -0.2) is 0 Å². The lowest BCUT2D eigenvalue weighted by atomic mass is 9.80. The number of amides is 1. The lowest BCUT2D eigenvalue weighted by Gasteiger charge is -2.31. The molecule has 1 heterocycles. The monoisotopic (exact) mass is 351 g/mol. The number of nitrogens with one attached hydrogen (secondary N) is 1. The summed E-state index contributed by atoms with van der Waals surface area (Å²) >= 11 is 0. The second-order valence-corrected chi connectivity index (χ2v) is 7.73. The van der Waals surface area contributed by atoms with Gasteiger partial charge < -0.3 is 11.1 Å². The number of nitrogens with two attached hydrogens (primary N) is 1. The van der Waals surface area contributed by atoms with Gasteiger partial charge in [-0.2, -0.15) is 0 Å². The SMILES string of the molecule is CC(C)[C@H]1CC[C@@H](NCc2ccc(-c3cccc(C(N)=O)c3)nc2)CC1. The van der Waals surface area contributed by atoms with Crippen LogP contribution in [0.3, 0.4) is 0 Å². The van der Waals surface area contributed by atoms with Crippen LogP contribution in [0, 0.1) is 11.8 Å². The zero-order valence-corrected chi connectivity index (χ0v) is 15.7. The average molecular weight is 351 g/mol. The molecule has 0 aliphatic heterocycles. The first-order valence-corrected chi connectivity index (χ1v) is 9.61. The molecule has 0 atom stereocenters. The van der Waals surface area contributed by atoms with E-state index in [1.165, 1.54) is 31.2 Å². The van der Waals surface area contributed by atoms with Gasteiger partial charge in [-0.05, 0) is 61.3 Å². The smallest absolute Gasteiger partial charge is 0.248 e. The molecule has 1 amide bonds. The lowest BCUT2D eigenvalue weighted by molar-refractivity contribution is 0.100. The molecule has 26 heavy (non-hydrogen) atoms. The van der Waals surface area contributed by atoms with Gasteiger partial charge in [0, 0.05) is 29.9 Å². The molecular weight excluding hydrogens is 322 g/mol. The normalized spacial score (nSPS) is 20.3. The maximum Gasteiger partial charge on any atom is 0.248 e. The highest BCUT2D eigenvalue weighted by molar-refractivity contribution is 5.93. The maximum atomic E-state index is 11.3. The van der Waals surface area contributed by atoms with E-state index in [0.29, 0.717) is 11.6 Å². The van der Waals surface area contributed by atoms with Crippen LogP contribution in [0.1, 0.15) is 55.5 Å². The number of carbonyl (C=O) groups is 1. The molecule has 0 saturated heterocycles. The van der Waals surface area contributed by atoms with E-state index in [1.807, 2.05) is 24.4 Å². The van der Waals surface area contributed by atoms with E-state index in [9.17, 15) is 4.79 Å². The molecule has 1 aliphatic carbocycles. The number of hydrogen-bond acceptors (Lipinski definition) is 3. The molecule has 0 unspecified atom stereocenters. The van der Waals surface area contributed by atoms with Crippen molar-refractivity contribution in [3.63, 3.8) is 0 Å². The Morgan fingerprint density at radius 1 is 1.19 bits per heavy atom. The van der Waals surface area contributed by atoms with Gasteiger partial charge in [0.1, 0.15) is 0 Å². The third kappa shape index (κ3) is 4.70. The number of pyridine rings is 1. The quantitative estimate of drug-likeness (QED) is 0.821. The summed E-state index contributed by atoms with van der Waals surface area (Å²) in [5, 5.41) is 3.68. The Balaban J connectivity index is 1.55. The number of primary amides is 1. The molecule has 1 aromatic carbocycles. The molecule has 3 rings (SSSR count). The van der Waals surface area contributed by atoms with E-state index in [0.717, 1.165) is 29.6 Å². The maximum absolute atomic E-state index is 11.3. The molecule has 1 saturated carbocycles. The van der Waals surface area contributed by atoms with Crippen molar-refractivity contribution in [1.82, 2.24) is 10.3 Å². The third-order valence-electron chi connectivity index (χ3n) is 5.58. The van der Waals surface area contributed by atoms with Crippen molar-refractivity contribution in [2.75, 3.05) is 0 Å². The molecule has 1 aliphatic rings. The molecule has 0 bridgehead atoms. The van der Waals surface area contributed by atoms with Crippen LogP contribution in [0.25, 0.3) is 11.3 Å². The highest BCUT2D eigenvalue weighted by Gasteiger charge is 2.22. The topological polar surface area (TPSA) is 68.0 Å². The van der Waals surface area contributed by atoms with Gasteiger partial charge in [0.25, 0.3) is 0 Å². The molecule has 1 aromatic heterocycles. The number of aromatic nitrogens is 1. The summed E-state index contributed by atoms with van der Waals surface area (Å²) in [6, 6.07) is 12.0. The first-order valence-electron chi connectivity index (χ1n) is 9.61. The molecule has 4 heteroatoms. The van der Waals surface area contributed by atoms with E-state index < -0.39 is 5.91 Å². The Morgan fingerprint density at radius 2 is 1.96 bits per heavy atom. The second kappa shape index (κ2) is 8.45. The fourth-order valence-corrected chi connectivity index (χ4v) is 3.78. The van der Waals surface area contributed by atoms with Crippen molar-refractivity contribution in [3.05, 3.63) is 53.7 Å². The first-order chi connectivity index (χ1) is 12.5. The molecule has 3 N–H and O–H groups in total. The van der Waals surface area contributed by atoms with Crippen molar-refractivity contribution < 1.29 is 4.79 Å². The summed E-state index contributed by atoms with van der Waals surface area (Å²) in [5.74, 6) is 1.28. The minimum absolute atomic E-state index is 0.417. The summed E-state index contributed by atoms with van der Waals surface area (Å²) in [6.07, 6.45) is 7.13. The highest BCUT2D eigenvalue weighted by atomic mass is 16.1. The molecule has 0 spiro atoms. The zero-order valence-electron chi connectivity index (χ0n) is 15.7. The minimum atomic E-state index is -0.417. The fourth-order valence-electron chi connectivity index (χ4n) is 3.78. The minimum Gasteiger partial charge on any atom is -0.366 e. The largest absolute Gasteiger partial charge is 0.366 e. The summed E-state index contributed by atoms with van der Waals surface area (Å²) < 4.78 is 0. The Bertz CT molecular complexity index is 731. The van der Waals surface area contributed by atoms with E-state index in [1.54, 1.807) is 12.1 Å². The molecular formula is C22H29N3O. The van der Waals surface area contributed by atoms with Crippen LogP contribution in [-0.2, 0) is 6.54 Å². The molecule has 2 aromatic rings. The average Bonchev–Trinajstić information content (AvgIpc) is 2.67. The lowest BCUT2D eigenvalue weighted by Crippen LogP contribution is -2.33. The standard InChI is InChI=1S/C22H29N3O/c1-15(2)17-7-9-20(10-8-17)24-13-16-6-11-21(25-14-16)18-4-3-5-19(12-18)22(23)26/h3-6,11-12,14-15,17,20,24H,7-10,13H2,1-2H3,(H2,23,26)/t17-,20+. The zero-order chi connectivity index (χ0) is 18.5. The van der Waals surface area contributed by atoms with Crippen LogP contribution in [0.5, 0.6) is 0 Å². The Labute approximate surface area is 156 Å². The van der Waals surface area contributed by atoms with Gasteiger partial charge in [0.15, 0.2) is 0 Å². The van der Waals surface area contributed by atoms with Gasteiger partial charge >= 0.3 is 0 Å². The van der Waals surface area contributed by atoms with E-state index in [4.69, 9.17) is 5.73 Å². The van der Waals surface area contributed by atoms with Gasteiger partial charge in [-0.15, -0.1) is 0 Å². The van der Waals surface area contributed by atoms with Crippen LogP contribution in [0.2, 0.25) is 0 Å². The fraction of sp³-hybridized carbons (Fsp3) is 0.455. The summed E-state index contributed by atoms with van der Waals surface area (Å²) in [6.45, 7) is 5.53. The van der Waals surface area contributed by atoms with Crippen molar-refractivity contribution in [2.24, 2.45) is 17.6 Å². The highest BCUT2D eigenvalue weighted by Crippen LogP contribution is 2.30. The Morgan fingerprint density at radius 3 is 2.58 bits per heavy atom. The van der Waals surface area contributed by atoms with Crippen molar-refractivity contribution >= 4 is 5.91 Å². The number of nitrogens with zero attached hydrogens (tertiary/aromatic N) is 1. The number of carbonyl (C=O) groups excluding carboxylic acids is 1. The Kier molecular flexibility index (Phi) is 6.04. The van der Waals surface area contributed by atoms with Gasteiger partial charge in [-0.3, -0.25) is 9.78 Å². The van der Waals surface area contributed by atoms with Gasteiger partial charge in [0.05, 0.1) is 5.69 Å². The predicted molar refractivity (Wildman–Crippen MR) is 106 cm³/mol. The molecule has 1 fully saturated rings. The summed E-state index contributed by atoms with van der Waals surface area (Å²) in [5.41, 5.74) is 8.81. The van der Waals surface area contributed by atoms with Crippen molar-refractivity contribution in [3.8, 4) is 11.3 Å². The third-order valence-corrected chi connectivity index (χ3v) is 5.58. The first kappa shape index (κ1) is 18.6. The van der Waals surface area contributed by atoms with Crippen LogP contribution in [0.4, 0.5) is 0 Å². The predicted octanol–water partition coefficient (Wildman–Crippen LogP) is 4.15. The molecule has 0 radical (unpaired) electrons. The molecule has 138 valence electrons. The van der Waals surface area contributed by atoms with Crippen molar-refractivity contribution in [2.45, 2.75) is 52.1 Å². The second-order valence-electron chi connectivity index (χ2n) is 7.73. The van der Waals surface area contributed by atoms with E-state index in [-0.39, 0.29) is 0 Å². The Hall–Kier alpha value is -2.20. The number of benzene rings is 1. The molecule has 4 nitrogen and oxygen atoms in total. The van der Waals surface area contributed by atoms with E-state index in [2.05, 4.69) is 30.2 Å². The van der Waals surface area contributed by atoms with Crippen LogP contribution >= 0.6 is 0 Å². The van der Waals surface area contributed by atoms with Gasteiger partial charge in [-0.1, -0.05) is 32.0 Å². The van der Waals surface area contributed by atoms with Crippen LogP contribution in [-0.4, -0.2) is 16.9 Å². The number of hydrogen-bond donors (Lipinski definition) is 2.